The Hall–Kier alpha value is -2.43. The molecule has 0 bridgehead atoms. The zero-order valence-electron chi connectivity index (χ0n) is 16.7. The minimum atomic E-state index is -3.66. The van der Waals surface area contributed by atoms with Crippen LogP contribution in [0, 0.1) is 5.82 Å². The number of nitrogens with one attached hydrogen (secondary N) is 2. The Morgan fingerprint density at radius 1 is 1.07 bits per heavy atom. The molecule has 0 aliphatic heterocycles. The average Bonchev–Trinajstić information content (AvgIpc) is 2.73. The first-order chi connectivity index (χ1) is 14.2. The lowest BCUT2D eigenvalue weighted by molar-refractivity contribution is -0.120. The maximum atomic E-state index is 13.5. The molecule has 0 atom stereocenters. The van der Waals surface area contributed by atoms with Gasteiger partial charge in [0.2, 0.25) is 15.9 Å². The number of carbonyl (C=O) groups is 2. The Kier molecular flexibility index (Phi) is 8.82. The molecule has 30 heavy (non-hydrogen) atoms. The van der Waals surface area contributed by atoms with Crippen LogP contribution < -0.4 is 10.6 Å². The third-order valence-corrected chi connectivity index (χ3v) is 6.89. The summed E-state index contributed by atoms with van der Waals surface area (Å²) in [4.78, 5) is 24.1. The smallest absolute Gasteiger partial charge is 0.251 e. The number of halogens is 1. The van der Waals surface area contributed by atoms with Gasteiger partial charge in [-0.1, -0.05) is 24.3 Å². The van der Waals surface area contributed by atoms with Crippen molar-refractivity contribution in [3.05, 3.63) is 65.5 Å². The molecular weight excluding hydrogens is 429 g/mol. The standard InChI is InChI=1S/C20H24FN3O4S2/c1-24(2)30(27,28)17-8-5-7-15(12-17)20(26)23-13-19(25)22-10-11-29-14-16-6-3-4-9-18(16)21/h3-9,12H,10-11,13-14H2,1-2H3,(H,22,25)(H,23,26). The van der Waals surface area contributed by atoms with Gasteiger partial charge in [-0.05, 0) is 29.8 Å². The average molecular weight is 454 g/mol. The van der Waals surface area contributed by atoms with Gasteiger partial charge in [-0.2, -0.15) is 11.8 Å². The van der Waals surface area contributed by atoms with Crippen LogP contribution in [-0.4, -0.2) is 57.5 Å². The van der Waals surface area contributed by atoms with E-state index in [-0.39, 0.29) is 28.7 Å². The van der Waals surface area contributed by atoms with E-state index in [2.05, 4.69) is 10.6 Å². The van der Waals surface area contributed by atoms with Crippen molar-refractivity contribution in [2.45, 2.75) is 10.6 Å². The second-order valence-corrected chi connectivity index (χ2v) is 9.75. The van der Waals surface area contributed by atoms with Gasteiger partial charge in [0, 0.05) is 37.7 Å². The summed E-state index contributed by atoms with van der Waals surface area (Å²) in [7, 11) is -0.849. The molecule has 0 unspecified atom stereocenters. The van der Waals surface area contributed by atoms with Crippen LogP contribution >= 0.6 is 11.8 Å². The molecular formula is C20H24FN3O4S2. The van der Waals surface area contributed by atoms with Gasteiger partial charge in [-0.25, -0.2) is 17.1 Å². The van der Waals surface area contributed by atoms with E-state index in [0.29, 0.717) is 23.6 Å². The molecule has 0 saturated heterocycles. The van der Waals surface area contributed by atoms with Gasteiger partial charge in [0.25, 0.3) is 5.91 Å². The van der Waals surface area contributed by atoms with Crippen molar-refractivity contribution in [3.63, 3.8) is 0 Å². The summed E-state index contributed by atoms with van der Waals surface area (Å²) in [6.07, 6.45) is 0. The fourth-order valence-corrected chi connectivity index (χ4v) is 4.19. The number of hydrogen-bond donors (Lipinski definition) is 2. The molecule has 162 valence electrons. The number of thioether (sulfide) groups is 1. The maximum Gasteiger partial charge on any atom is 0.251 e. The monoisotopic (exact) mass is 453 g/mol. The molecule has 2 rings (SSSR count). The Morgan fingerprint density at radius 2 is 1.80 bits per heavy atom. The van der Waals surface area contributed by atoms with Gasteiger partial charge in [-0.15, -0.1) is 0 Å². The molecule has 2 amide bonds. The lowest BCUT2D eigenvalue weighted by Crippen LogP contribution is -2.37. The highest BCUT2D eigenvalue weighted by Crippen LogP contribution is 2.15. The zero-order chi connectivity index (χ0) is 22.1. The SMILES string of the molecule is CN(C)S(=O)(=O)c1cccc(C(=O)NCC(=O)NCCSCc2ccccc2F)c1. The van der Waals surface area contributed by atoms with E-state index in [1.165, 1.54) is 56.2 Å². The van der Waals surface area contributed by atoms with Crippen LogP contribution in [0.25, 0.3) is 0 Å². The van der Waals surface area contributed by atoms with Crippen molar-refractivity contribution >= 4 is 33.6 Å². The van der Waals surface area contributed by atoms with E-state index in [1.54, 1.807) is 18.2 Å². The number of benzene rings is 2. The van der Waals surface area contributed by atoms with E-state index in [4.69, 9.17) is 0 Å². The van der Waals surface area contributed by atoms with Crippen LogP contribution in [0.4, 0.5) is 4.39 Å². The van der Waals surface area contributed by atoms with Crippen molar-refractivity contribution in [3.8, 4) is 0 Å². The summed E-state index contributed by atoms with van der Waals surface area (Å²) in [6.45, 7) is 0.145. The topological polar surface area (TPSA) is 95.6 Å². The predicted molar refractivity (Wildman–Crippen MR) is 115 cm³/mol. The fourth-order valence-electron chi connectivity index (χ4n) is 2.39. The molecule has 0 saturated carbocycles. The number of nitrogens with zero attached hydrogens (tertiary/aromatic N) is 1. The van der Waals surface area contributed by atoms with Gasteiger partial charge in [0.05, 0.1) is 11.4 Å². The Bertz CT molecular complexity index is 997. The number of sulfonamides is 1. The quantitative estimate of drug-likeness (QED) is 0.536. The third kappa shape index (κ3) is 6.82. The summed E-state index contributed by atoms with van der Waals surface area (Å²) in [5.41, 5.74) is 0.755. The molecule has 0 aliphatic rings. The van der Waals surface area contributed by atoms with Gasteiger partial charge in [0.15, 0.2) is 0 Å². The molecule has 0 aromatic heterocycles. The summed E-state index contributed by atoms with van der Waals surface area (Å²) >= 11 is 1.49. The normalized spacial score (nSPS) is 11.3. The minimum Gasteiger partial charge on any atom is -0.354 e. The predicted octanol–water partition coefficient (Wildman–Crippen LogP) is 1.86. The molecule has 0 spiro atoms. The molecule has 0 aliphatic carbocycles. The first-order valence-corrected chi connectivity index (χ1v) is 11.7. The fraction of sp³-hybridized carbons (Fsp3) is 0.300. The number of hydrogen-bond acceptors (Lipinski definition) is 5. The molecule has 0 heterocycles. The maximum absolute atomic E-state index is 13.5. The van der Waals surface area contributed by atoms with Crippen molar-refractivity contribution in [1.29, 1.82) is 0 Å². The molecule has 2 N–H and O–H groups in total. The summed E-state index contributed by atoms with van der Waals surface area (Å²) in [5.74, 6) is -0.0646. The highest BCUT2D eigenvalue weighted by atomic mass is 32.2. The second kappa shape index (κ2) is 11.1. The Balaban J connectivity index is 1.74. The van der Waals surface area contributed by atoms with E-state index >= 15 is 0 Å². The summed E-state index contributed by atoms with van der Waals surface area (Å²) in [6, 6.07) is 12.1. The number of rotatable bonds is 10. The van der Waals surface area contributed by atoms with Crippen molar-refractivity contribution < 1.29 is 22.4 Å². The first kappa shape index (κ1) is 23.8. The first-order valence-electron chi connectivity index (χ1n) is 9.10. The van der Waals surface area contributed by atoms with Gasteiger partial charge >= 0.3 is 0 Å². The lowest BCUT2D eigenvalue weighted by atomic mass is 10.2. The molecule has 0 radical (unpaired) electrons. The largest absolute Gasteiger partial charge is 0.354 e. The molecule has 2 aromatic rings. The van der Waals surface area contributed by atoms with Crippen molar-refractivity contribution in [2.75, 3.05) is 32.9 Å². The minimum absolute atomic E-state index is 0.00326. The van der Waals surface area contributed by atoms with Crippen molar-refractivity contribution in [1.82, 2.24) is 14.9 Å². The van der Waals surface area contributed by atoms with Crippen LogP contribution in [0.5, 0.6) is 0 Å². The molecule has 10 heteroatoms. The third-order valence-electron chi connectivity index (χ3n) is 4.07. The van der Waals surface area contributed by atoms with Crippen LogP contribution in [0.2, 0.25) is 0 Å². The van der Waals surface area contributed by atoms with Crippen LogP contribution in [0.3, 0.4) is 0 Å². The van der Waals surface area contributed by atoms with Crippen LogP contribution in [-0.2, 0) is 20.6 Å². The molecule has 2 aromatic carbocycles. The van der Waals surface area contributed by atoms with E-state index in [1.807, 2.05) is 0 Å². The second-order valence-electron chi connectivity index (χ2n) is 6.49. The van der Waals surface area contributed by atoms with Crippen LogP contribution in [0.15, 0.2) is 53.4 Å². The van der Waals surface area contributed by atoms with E-state index in [9.17, 15) is 22.4 Å². The molecule has 0 fully saturated rings. The highest BCUT2D eigenvalue weighted by Gasteiger charge is 2.18. The Labute approximate surface area is 180 Å². The zero-order valence-corrected chi connectivity index (χ0v) is 18.4. The summed E-state index contributed by atoms with van der Waals surface area (Å²) < 4.78 is 38.9. The van der Waals surface area contributed by atoms with Gasteiger partial charge < -0.3 is 10.6 Å². The lowest BCUT2D eigenvalue weighted by Gasteiger charge is -2.12. The van der Waals surface area contributed by atoms with E-state index < -0.39 is 15.9 Å². The van der Waals surface area contributed by atoms with E-state index in [0.717, 1.165) is 4.31 Å². The van der Waals surface area contributed by atoms with Crippen molar-refractivity contribution in [2.24, 2.45) is 0 Å². The molecule has 7 nitrogen and oxygen atoms in total. The summed E-state index contributed by atoms with van der Waals surface area (Å²) in [5, 5.41) is 5.14. The van der Waals surface area contributed by atoms with Gasteiger partial charge in [-0.3, -0.25) is 9.59 Å². The number of amides is 2. The number of carbonyl (C=O) groups excluding carboxylic acids is 2. The van der Waals surface area contributed by atoms with Gasteiger partial charge in [0.1, 0.15) is 5.82 Å². The highest BCUT2D eigenvalue weighted by molar-refractivity contribution is 7.98. The van der Waals surface area contributed by atoms with Crippen LogP contribution in [0.1, 0.15) is 15.9 Å². The Morgan fingerprint density at radius 3 is 2.50 bits per heavy atom.